The lowest BCUT2D eigenvalue weighted by atomic mass is 10.2. The molecule has 0 N–H and O–H groups in total. The summed E-state index contributed by atoms with van der Waals surface area (Å²) < 4.78 is 5.54. The van der Waals surface area contributed by atoms with Gasteiger partial charge < -0.3 is 4.74 Å². The summed E-state index contributed by atoms with van der Waals surface area (Å²) in [5.74, 6) is 0.199. The van der Waals surface area contributed by atoms with E-state index in [0.717, 1.165) is 21.9 Å². The Labute approximate surface area is 122 Å². The molecule has 0 atom stereocenters. The lowest BCUT2D eigenvalue weighted by molar-refractivity contribution is 0.0922. The second kappa shape index (κ2) is 7.43. The zero-order valence-electron chi connectivity index (χ0n) is 10.5. The summed E-state index contributed by atoms with van der Waals surface area (Å²) in [6, 6.07) is 11.3. The van der Waals surface area contributed by atoms with E-state index in [1.54, 1.807) is 0 Å². The summed E-state index contributed by atoms with van der Waals surface area (Å²) in [7, 11) is 0. The molecule has 1 aromatic heterocycles. The number of Topliss-reactive ketones (excluding diaryl/α,β-unsaturated/α-hetero) is 1. The second-order valence-electron chi connectivity index (χ2n) is 4.18. The van der Waals surface area contributed by atoms with Crippen LogP contribution in [-0.2, 0) is 11.3 Å². The van der Waals surface area contributed by atoms with E-state index in [1.807, 2.05) is 41.8 Å². The smallest absolute Gasteiger partial charge is 0.172 e. The van der Waals surface area contributed by atoms with E-state index in [-0.39, 0.29) is 5.78 Å². The topological polar surface area (TPSA) is 26.3 Å². The third kappa shape index (κ3) is 4.78. The molecule has 0 bridgehead atoms. The van der Waals surface area contributed by atoms with E-state index < -0.39 is 0 Å². The van der Waals surface area contributed by atoms with Gasteiger partial charge in [-0.25, -0.2) is 0 Å². The third-order valence-corrected chi connectivity index (χ3v) is 3.83. The van der Waals surface area contributed by atoms with E-state index in [2.05, 4.69) is 0 Å². The van der Waals surface area contributed by atoms with Crippen LogP contribution in [0.15, 0.2) is 41.8 Å². The molecule has 0 unspecified atom stereocenters. The first-order valence-corrected chi connectivity index (χ1v) is 7.40. The molecule has 1 heterocycles. The Morgan fingerprint density at radius 3 is 2.68 bits per heavy atom. The standard InChI is InChI=1S/C15H15ClO2S/c16-13-7-5-12(6-8-13)11-18-9-1-3-14(17)15-4-2-10-19-15/h2,4-8,10H,1,3,9,11H2. The van der Waals surface area contributed by atoms with Crippen LogP contribution in [0.3, 0.4) is 0 Å². The first-order valence-electron chi connectivity index (χ1n) is 6.14. The molecule has 0 radical (unpaired) electrons. The van der Waals surface area contributed by atoms with Crippen molar-refractivity contribution in [2.24, 2.45) is 0 Å². The summed E-state index contributed by atoms with van der Waals surface area (Å²) in [5, 5.41) is 2.65. The van der Waals surface area contributed by atoms with Gasteiger partial charge in [-0.3, -0.25) is 4.79 Å². The van der Waals surface area contributed by atoms with Crippen molar-refractivity contribution in [3.63, 3.8) is 0 Å². The van der Waals surface area contributed by atoms with E-state index in [1.165, 1.54) is 11.3 Å². The predicted octanol–water partition coefficient (Wildman–Crippen LogP) is 4.58. The average molecular weight is 295 g/mol. The lowest BCUT2D eigenvalue weighted by Gasteiger charge is -2.04. The number of halogens is 1. The van der Waals surface area contributed by atoms with Crippen LogP contribution in [0.4, 0.5) is 0 Å². The number of hydrogen-bond acceptors (Lipinski definition) is 3. The molecule has 0 aliphatic heterocycles. The van der Waals surface area contributed by atoms with E-state index in [4.69, 9.17) is 16.3 Å². The van der Waals surface area contributed by atoms with Gasteiger partial charge in [0.1, 0.15) is 0 Å². The minimum atomic E-state index is 0.199. The Bertz CT molecular complexity index is 505. The van der Waals surface area contributed by atoms with Gasteiger partial charge >= 0.3 is 0 Å². The van der Waals surface area contributed by atoms with Gasteiger partial charge in [0.05, 0.1) is 11.5 Å². The fourth-order valence-electron chi connectivity index (χ4n) is 1.67. The maximum atomic E-state index is 11.7. The van der Waals surface area contributed by atoms with Crippen molar-refractivity contribution in [2.75, 3.05) is 6.61 Å². The van der Waals surface area contributed by atoms with Gasteiger partial charge in [-0.2, -0.15) is 0 Å². The van der Waals surface area contributed by atoms with Gasteiger partial charge in [-0.15, -0.1) is 11.3 Å². The average Bonchev–Trinajstić information content (AvgIpc) is 2.94. The summed E-state index contributed by atoms with van der Waals surface area (Å²) in [6.07, 6.45) is 1.30. The van der Waals surface area contributed by atoms with Crippen molar-refractivity contribution in [3.05, 3.63) is 57.2 Å². The number of hydrogen-bond donors (Lipinski definition) is 0. The SMILES string of the molecule is O=C(CCCOCc1ccc(Cl)cc1)c1cccs1. The van der Waals surface area contributed by atoms with Crippen LogP contribution in [0.25, 0.3) is 0 Å². The molecule has 0 saturated carbocycles. The van der Waals surface area contributed by atoms with Gasteiger partial charge in [-0.1, -0.05) is 29.8 Å². The Hall–Kier alpha value is -1.16. The molecule has 2 rings (SSSR count). The number of ketones is 1. The van der Waals surface area contributed by atoms with Crippen LogP contribution < -0.4 is 0 Å². The number of rotatable bonds is 7. The third-order valence-electron chi connectivity index (χ3n) is 2.67. The molecule has 1 aromatic carbocycles. The predicted molar refractivity (Wildman–Crippen MR) is 79.0 cm³/mol. The van der Waals surface area contributed by atoms with Gasteiger partial charge in [0, 0.05) is 18.1 Å². The van der Waals surface area contributed by atoms with Gasteiger partial charge in [0.2, 0.25) is 0 Å². The largest absolute Gasteiger partial charge is 0.377 e. The Balaban J connectivity index is 1.62. The molecule has 0 aliphatic rings. The van der Waals surface area contributed by atoms with Crippen molar-refractivity contribution in [1.29, 1.82) is 0 Å². The number of benzene rings is 1. The Kier molecular flexibility index (Phi) is 5.58. The van der Waals surface area contributed by atoms with Crippen molar-refractivity contribution >= 4 is 28.7 Å². The summed E-state index contributed by atoms with van der Waals surface area (Å²) >= 11 is 7.29. The van der Waals surface area contributed by atoms with Crippen molar-refractivity contribution in [3.8, 4) is 0 Å². The summed E-state index contributed by atoms with van der Waals surface area (Å²) in [5.41, 5.74) is 1.09. The van der Waals surface area contributed by atoms with Crippen LogP contribution in [-0.4, -0.2) is 12.4 Å². The quantitative estimate of drug-likeness (QED) is 0.552. The highest BCUT2D eigenvalue weighted by atomic mass is 35.5. The molecule has 2 aromatic rings. The fraction of sp³-hybridized carbons (Fsp3) is 0.267. The number of thiophene rings is 1. The highest BCUT2D eigenvalue weighted by Crippen LogP contribution is 2.13. The molecular weight excluding hydrogens is 280 g/mol. The van der Waals surface area contributed by atoms with E-state index in [9.17, 15) is 4.79 Å². The van der Waals surface area contributed by atoms with Crippen LogP contribution in [0, 0.1) is 0 Å². The van der Waals surface area contributed by atoms with Crippen molar-refractivity contribution in [1.82, 2.24) is 0 Å². The summed E-state index contributed by atoms with van der Waals surface area (Å²) in [6.45, 7) is 1.16. The maximum Gasteiger partial charge on any atom is 0.172 e. The molecule has 4 heteroatoms. The highest BCUT2D eigenvalue weighted by Gasteiger charge is 2.05. The minimum absolute atomic E-state index is 0.199. The van der Waals surface area contributed by atoms with Crippen molar-refractivity contribution < 1.29 is 9.53 Å². The van der Waals surface area contributed by atoms with Gasteiger partial charge in [0.25, 0.3) is 0 Å². The van der Waals surface area contributed by atoms with Crippen LogP contribution >= 0.6 is 22.9 Å². The second-order valence-corrected chi connectivity index (χ2v) is 5.57. The van der Waals surface area contributed by atoms with Crippen LogP contribution in [0.2, 0.25) is 5.02 Å². The fourth-order valence-corrected chi connectivity index (χ4v) is 2.49. The van der Waals surface area contributed by atoms with Gasteiger partial charge in [-0.05, 0) is 35.6 Å². The van der Waals surface area contributed by atoms with E-state index in [0.29, 0.717) is 19.6 Å². The Morgan fingerprint density at radius 2 is 2.00 bits per heavy atom. The normalized spacial score (nSPS) is 10.6. The number of carbonyl (C=O) groups is 1. The van der Waals surface area contributed by atoms with Gasteiger partial charge in [0.15, 0.2) is 5.78 Å². The van der Waals surface area contributed by atoms with Crippen LogP contribution in [0.1, 0.15) is 28.1 Å². The monoisotopic (exact) mass is 294 g/mol. The minimum Gasteiger partial charge on any atom is -0.377 e. The number of carbonyl (C=O) groups excluding carboxylic acids is 1. The molecule has 0 amide bonds. The zero-order chi connectivity index (χ0) is 13.5. The first kappa shape index (κ1) is 14.3. The number of ether oxygens (including phenoxy) is 1. The molecule has 0 aliphatic carbocycles. The summed E-state index contributed by atoms with van der Waals surface area (Å²) in [4.78, 5) is 12.5. The zero-order valence-corrected chi connectivity index (χ0v) is 12.0. The maximum absolute atomic E-state index is 11.7. The molecule has 0 spiro atoms. The lowest BCUT2D eigenvalue weighted by Crippen LogP contribution is -2.01. The molecule has 100 valence electrons. The highest BCUT2D eigenvalue weighted by molar-refractivity contribution is 7.12. The van der Waals surface area contributed by atoms with E-state index >= 15 is 0 Å². The molecule has 0 saturated heterocycles. The molecular formula is C15H15ClO2S. The molecule has 2 nitrogen and oxygen atoms in total. The molecule has 19 heavy (non-hydrogen) atoms. The molecule has 0 fully saturated rings. The first-order chi connectivity index (χ1) is 9.25. The van der Waals surface area contributed by atoms with Crippen LogP contribution in [0.5, 0.6) is 0 Å². The van der Waals surface area contributed by atoms with Crippen molar-refractivity contribution in [2.45, 2.75) is 19.4 Å². The Morgan fingerprint density at radius 1 is 1.21 bits per heavy atom.